The summed E-state index contributed by atoms with van der Waals surface area (Å²) in [4.78, 5) is 34.2. The van der Waals surface area contributed by atoms with E-state index in [4.69, 9.17) is 5.73 Å². The van der Waals surface area contributed by atoms with Gasteiger partial charge in [-0.05, 0) is 41.2 Å². The number of aryl methyl sites for hydroxylation is 2. The summed E-state index contributed by atoms with van der Waals surface area (Å²) in [6.45, 7) is 0. The predicted molar refractivity (Wildman–Crippen MR) is 125 cm³/mol. The van der Waals surface area contributed by atoms with Crippen molar-refractivity contribution in [3.05, 3.63) is 101 Å². The van der Waals surface area contributed by atoms with Crippen LogP contribution >= 0.6 is 11.3 Å². The predicted octanol–water partition coefficient (Wildman–Crippen LogP) is 4.17. The van der Waals surface area contributed by atoms with Crippen molar-refractivity contribution in [1.82, 2.24) is 9.97 Å². The van der Waals surface area contributed by atoms with Crippen LogP contribution in [0.3, 0.4) is 0 Å². The topological polar surface area (TPSA) is 98.0 Å². The molecule has 3 N–H and O–H groups in total. The lowest BCUT2D eigenvalue weighted by molar-refractivity contribution is -0.116. The van der Waals surface area contributed by atoms with Gasteiger partial charge in [-0.2, -0.15) is 0 Å². The van der Waals surface area contributed by atoms with E-state index in [1.54, 1.807) is 18.5 Å². The molecule has 0 atom stereocenters. The second kappa shape index (κ2) is 8.36. The molecule has 2 aromatic heterocycles. The standard InChI is InChI=1S/C25H20N4O2S/c26-23(30)18-11-17(12-27-13-18)21-14-28-25(32-21)29-24(31)22-19-7-3-1-5-15(19)9-10-16-6-2-4-8-20(16)22/h1-8,11-14,22H,9-10H2,(H2,26,30)(H,28,29,31). The highest BCUT2D eigenvalue weighted by atomic mass is 32.1. The molecule has 6 nitrogen and oxygen atoms in total. The van der Waals surface area contributed by atoms with Crippen molar-refractivity contribution >= 4 is 28.3 Å². The molecule has 5 rings (SSSR count). The van der Waals surface area contributed by atoms with Gasteiger partial charge in [0.15, 0.2) is 5.13 Å². The van der Waals surface area contributed by atoms with Crippen LogP contribution in [0.5, 0.6) is 0 Å². The Labute approximate surface area is 189 Å². The summed E-state index contributed by atoms with van der Waals surface area (Å²) in [6, 6.07) is 17.9. The molecule has 2 aromatic carbocycles. The number of fused-ring (bicyclic) bond motifs is 2. The lowest BCUT2D eigenvalue weighted by Crippen LogP contribution is -2.23. The van der Waals surface area contributed by atoms with Crippen LogP contribution in [0.4, 0.5) is 5.13 Å². The molecule has 0 saturated heterocycles. The number of nitrogens with zero attached hydrogens (tertiary/aromatic N) is 2. The maximum absolute atomic E-state index is 13.5. The van der Waals surface area contributed by atoms with E-state index in [1.165, 1.54) is 28.7 Å². The molecule has 0 radical (unpaired) electrons. The highest BCUT2D eigenvalue weighted by Crippen LogP contribution is 2.36. The second-order valence-electron chi connectivity index (χ2n) is 7.68. The number of carbonyl (C=O) groups is 2. The number of primary amides is 1. The third kappa shape index (κ3) is 3.78. The lowest BCUT2D eigenvalue weighted by Gasteiger charge is -2.19. The van der Waals surface area contributed by atoms with E-state index >= 15 is 0 Å². The number of thiazole rings is 1. The monoisotopic (exact) mass is 440 g/mol. The van der Waals surface area contributed by atoms with E-state index in [-0.39, 0.29) is 5.91 Å². The SMILES string of the molecule is NC(=O)c1cncc(-c2cnc(NC(=O)C3c4ccccc4CCc4ccccc43)s2)c1. The first kappa shape index (κ1) is 20.1. The first-order valence-corrected chi connectivity index (χ1v) is 11.1. The van der Waals surface area contributed by atoms with Crippen LogP contribution < -0.4 is 11.1 Å². The molecule has 32 heavy (non-hydrogen) atoms. The number of nitrogens with two attached hydrogens (primary N) is 1. The highest BCUT2D eigenvalue weighted by Gasteiger charge is 2.29. The van der Waals surface area contributed by atoms with E-state index in [0.717, 1.165) is 34.4 Å². The number of carbonyl (C=O) groups excluding carboxylic acids is 2. The van der Waals surface area contributed by atoms with E-state index < -0.39 is 11.8 Å². The number of hydrogen-bond donors (Lipinski definition) is 2. The molecule has 2 amide bonds. The van der Waals surface area contributed by atoms with E-state index in [2.05, 4.69) is 27.4 Å². The van der Waals surface area contributed by atoms with Crippen LogP contribution in [-0.2, 0) is 17.6 Å². The van der Waals surface area contributed by atoms with Gasteiger partial charge in [0.2, 0.25) is 11.8 Å². The smallest absolute Gasteiger partial charge is 0.250 e. The fourth-order valence-corrected chi connectivity index (χ4v) is 4.96. The van der Waals surface area contributed by atoms with Gasteiger partial charge in [0.05, 0.1) is 16.4 Å². The van der Waals surface area contributed by atoms with Gasteiger partial charge in [0.1, 0.15) is 0 Å². The van der Waals surface area contributed by atoms with Gasteiger partial charge in [-0.25, -0.2) is 4.98 Å². The van der Waals surface area contributed by atoms with Gasteiger partial charge in [0.25, 0.3) is 0 Å². The molecule has 0 bridgehead atoms. The van der Waals surface area contributed by atoms with Crippen LogP contribution in [0.2, 0.25) is 0 Å². The Morgan fingerprint density at radius 3 is 2.25 bits per heavy atom. The summed E-state index contributed by atoms with van der Waals surface area (Å²) >= 11 is 1.33. The van der Waals surface area contributed by atoms with Gasteiger partial charge in [-0.3, -0.25) is 14.6 Å². The molecule has 7 heteroatoms. The molecule has 0 unspecified atom stereocenters. The number of amides is 2. The molecule has 158 valence electrons. The normalized spacial score (nSPS) is 13.0. The molecular formula is C25H20N4O2S. The van der Waals surface area contributed by atoms with Crippen LogP contribution in [0, 0.1) is 0 Å². The number of aromatic nitrogens is 2. The Kier molecular flexibility index (Phi) is 5.25. The molecule has 2 heterocycles. The zero-order valence-electron chi connectivity index (χ0n) is 17.1. The minimum Gasteiger partial charge on any atom is -0.366 e. The summed E-state index contributed by atoms with van der Waals surface area (Å²) in [5, 5.41) is 3.50. The van der Waals surface area contributed by atoms with Gasteiger partial charge in [-0.15, -0.1) is 0 Å². The van der Waals surface area contributed by atoms with Crippen molar-refractivity contribution in [3.8, 4) is 10.4 Å². The van der Waals surface area contributed by atoms with E-state index in [9.17, 15) is 9.59 Å². The molecule has 0 aliphatic heterocycles. The Bertz CT molecular complexity index is 1280. The van der Waals surface area contributed by atoms with Crippen molar-refractivity contribution in [2.75, 3.05) is 5.32 Å². The largest absolute Gasteiger partial charge is 0.366 e. The number of nitrogens with one attached hydrogen (secondary N) is 1. The molecule has 0 saturated carbocycles. The maximum Gasteiger partial charge on any atom is 0.250 e. The number of pyridine rings is 1. The molecule has 1 aliphatic carbocycles. The third-order valence-electron chi connectivity index (χ3n) is 5.70. The molecule has 1 aliphatic rings. The van der Waals surface area contributed by atoms with Gasteiger partial charge in [-0.1, -0.05) is 59.9 Å². The van der Waals surface area contributed by atoms with Crippen LogP contribution in [0.15, 0.2) is 73.2 Å². The van der Waals surface area contributed by atoms with Crippen molar-refractivity contribution in [3.63, 3.8) is 0 Å². The summed E-state index contributed by atoms with van der Waals surface area (Å²) in [7, 11) is 0. The summed E-state index contributed by atoms with van der Waals surface area (Å²) < 4.78 is 0. The third-order valence-corrected chi connectivity index (χ3v) is 6.66. The highest BCUT2D eigenvalue weighted by molar-refractivity contribution is 7.19. The van der Waals surface area contributed by atoms with Crippen molar-refractivity contribution in [1.29, 1.82) is 0 Å². The van der Waals surface area contributed by atoms with Gasteiger partial charge < -0.3 is 11.1 Å². The van der Waals surface area contributed by atoms with E-state index in [0.29, 0.717) is 10.7 Å². The Balaban J connectivity index is 1.46. The van der Waals surface area contributed by atoms with Crippen LogP contribution in [0.1, 0.15) is 38.5 Å². The van der Waals surface area contributed by atoms with Gasteiger partial charge in [0, 0.05) is 24.2 Å². The zero-order chi connectivity index (χ0) is 22.1. The molecule has 0 spiro atoms. The number of rotatable bonds is 4. The number of benzene rings is 2. The summed E-state index contributed by atoms with van der Waals surface area (Å²) in [5.41, 5.74) is 10.9. The Morgan fingerprint density at radius 1 is 0.938 bits per heavy atom. The maximum atomic E-state index is 13.5. The minimum atomic E-state index is -0.539. The minimum absolute atomic E-state index is 0.114. The molecular weight excluding hydrogens is 420 g/mol. The lowest BCUT2D eigenvalue weighted by atomic mass is 9.87. The fourth-order valence-electron chi connectivity index (χ4n) is 4.16. The Hall–Kier alpha value is -3.84. The fraction of sp³-hybridized carbons (Fsp3) is 0.120. The average Bonchev–Trinajstić information content (AvgIpc) is 3.20. The second-order valence-corrected chi connectivity index (χ2v) is 8.71. The van der Waals surface area contributed by atoms with Crippen molar-refractivity contribution in [2.24, 2.45) is 5.73 Å². The van der Waals surface area contributed by atoms with Crippen LogP contribution in [0.25, 0.3) is 10.4 Å². The first-order chi connectivity index (χ1) is 15.6. The van der Waals surface area contributed by atoms with Gasteiger partial charge >= 0.3 is 0 Å². The zero-order valence-corrected chi connectivity index (χ0v) is 17.9. The van der Waals surface area contributed by atoms with Crippen molar-refractivity contribution < 1.29 is 9.59 Å². The molecule has 0 fully saturated rings. The van der Waals surface area contributed by atoms with Crippen LogP contribution in [-0.4, -0.2) is 21.8 Å². The Morgan fingerprint density at radius 2 is 1.59 bits per heavy atom. The molecule has 4 aromatic rings. The van der Waals surface area contributed by atoms with E-state index in [1.807, 2.05) is 36.4 Å². The first-order valence-electron chi connectivity index (χ1n) is 10.3. The number of anilines is 1. The summed E-state index contributed by atoms with van der Waals surface area (Å²) in [6.07, 6.45) is 6.54. The quantitative estimate of drug-likeness (QED) is 0.498. The van der Waals surface area contributed by atoms with Crippen molar-refractivity contribution in [2.45, 2.75) is 18.8 Å². The number of hydrogen-bond acceptors (Lipinski definition) is 5. The average molecular weight is 441 g/mol. The summed E-state index contributed by atoms with van der Waals surface area (Å²) in [5.74, 6) is -1.06.